The van der Waals surface area contributed by atoms with E-state index in [9.17, 15) is 9.59 Å². The number of thioether (sulfide) groups is 1. The average molecular weight is 554 g/mol. The Morgan fingerprint density at radius 3 is 2.37 bits per heavy atom. The molecule has 35 heavy (non-hydrogen) atoms. The molecule has 0 aliphatic carbocycles. The van der Waals surface area contributed by atoms with E-state index >= 15 is 0 Å². The molecule has 2 amide bonds. The Morgan fingerprint density at radius 1 is 0.971 bits per heavy atom. The van der Waals surface area contributed by atoms with Crippen molar-refractivity contribution in [3.63, 3.8) is 0 Å². The van der Waals surface area contributed by atoms with Crippen LogP contribution in [0, 0.1) is 6.92 Å². The maximum absolute atomic E-state index is 13.7. The molecule has 0 saturated carbocycles. The maximum atomic E-state index is 13.7. The highest BCUT2D eigenvalue weighted by atomic mass is 79.9. The predicted octanol–water partition coefficient (Wildman–Crippen LogP) is 6.41. The van der Waals surface area contributed by atoms with Gasteiger partial charge in [-0.05, 0) is 48.7 Å². The fourth-order valence-corrected chi connectivity index (χ4v) is 4.99. The van der Waals surface area contributed by atoms with Gasteiger partial charge in [-0.3, -0.25) is 9.59 Å². The zero-order valence-corrected chi connectivity index (χ0v) is 22.8. The van der Waals surface area contributed by atoms with Gasteiger partial charge in [0.2, 0.25) is 11.8 Å². The van der Waals surface area contributed by atoms with Crippen LogP contribution in [0.4, 0.5) is 0 Å². The molecule has 1 unspecified atom stereocenters. The van der Waals surface area contributed by atoms with E-state index in [0.29, 0.717) is 19.5 Å². The fourth-order valence-electron chi connectivity index (χ4n) is 3.75. The molecule has 0 aliphatic rings. The summed E-state index contributed by atoms with van der Waals surface area (Å²) in [7, 11) is 0. The van der Waals surface area contributed by atoms with Crippen LogP contribution in [-0.4, -0.2) is 35.1 Å². The molecule has 0 saturated heterocycles. The number of nitrogens with zero attached hydrogens (tertiary/aromatic N) is 1. The highest BCUT2D eigenvalue weighted by Crippen LogP contribution is 2.22. The summed E-state index contributed by atoms with van der Waals surface area (Å²) in [5.41, 5.74) is 3.19. The molecule has 0 aromatic heterocycles. The summed E-state index contributed by atoms with van der Waals surface area (Å²) in [5.74, 6) is 0.109. The standard InChI is InChI=1S/C29H33BrN2O2S/c1-3-4-17-31-29(34)27(19-23-9-6-5-7-10-23)32(20-24-11-8-12-25(30)18-24)28(33)21-35-26-15-13-22(2)14-16-26/h5-16,18,27H,3-4,17,19-21H2,1-2H3,(H,31,34). The maximum Gasteiger partial charge on any atom is 0.243 e. The van der Waals surface area contributed by atoms with Gasteiger partial charge in [0.05, 0.1) is 5.75 Å². The number of unbranched alkanes of at least 4 members (excludes halogenated alkanes) is 1. The third-order valence-corrected chi connectivity index (χ3v) is 7.22. The van der Waals surface area contributed by atoms with Crippen LogP contribution in [0.25, 0.3) is 0 Å². The van der Waals surface area contributed by atoms with E-state index in [2.05, 4.69) is 28.2 Å². The van der Waals surface area contributed by atoms with E-state index < -0.39 is 6.04 Å². The topological polar surface area (TPSA) is 49.4 Å². The summed E-state index contributed by atoms with van der Waals surface area (Å²) >= 11 is 5.04. The number of carbonyl (C=O) groups is 2. The summed E-state index contributed by atoms with van der Waals surface area (Å²) in [6.07, 6.45) is 2.37. The minimum atomic E-state index is -0.598. The number of benzene rings is 3. The van der Waals surface area contributed by atoms with Gasteiger partial charge in [-0.2, -0.15) is 0 Å². The third-order valence-electron chi connectivity index (χ3n) is 5.73. The second-order valence-corrected chi connectivity index (χ2v) is 10.6. The number of carbonyl (C=O) groups excluding carboxylic acids is 2. The van der Waals surface area contributed by atoms with E-state index in [0.717, 1.165) is 33.3 Å². The van der Waals surface area contributed by atoms with Gasteiger partial charge in [0.25, 0.3) is 0 Å². The Balaban J connectivity index is 1.87. The van der Waals surface area contributed by atoms with Crippen LogP contribution >= 0.6 is 27.7 Å². The Bertz CT molecular complexity index is 1090. The van der Waals surface area contributed by atoms with Gasteiger partial charge in [0.1, 0.15) is 6.04 Å². The van der Waals surface area contributed by atoms with Crippen molar-refractivity contribution in [1.82, 2.24) is 10.2 Å². The van der Waals surface area contributed by atoms with E-state index in [-0.39, 0.29) is 17.6 Å². The van der Waals surface area contributed by atoms with E-state index in [4.69, 9.17) is 0 Å². The van der Waals surface area contributed by atoms with Gasteiger partial charge >= 0.3 is 0 Å². The lowest BCUT2D eigenvalue weighted by molar-refractivity contribution is -0.139. The van der Waals surface area contributed by atoms with Gasteiger partial charge < -0.3 is 10.2 Å². The number of halogens is 1. The first-order valence-electron chi connectivity index (χ1n) is 12.0. The second-order valence-electron chi connectivity index (χ2n) is 8.60. The minimum Gasteiger partial charge on any atom is -0.354 e. The Hall–Kier alpha value is -2.57. The van der Waals surface area contributed by atoms with Crippen LogP contribution in [0.2, 0.25) is 0 Å². The number of hydrogen-bond donors (Lipinski definition) is 1. The second kappa shape index (κ2) is 14.1. The molecule has 0 fully saturated rings. The van der Waals surface area contributed by atoms with Crippen LogP contribution in [0.3, 0.4) is 0 Å². The van der Waals surface area contributed by atoms with Crippen molar-refractivity contribution in [3.05, 3.63) is 100 Å². The van der Waals surface area contributed by atoms with Crippen LogP contribution in [0.5, 0.6) is 0 Å². The molecule has 6 heteroatoms. The van der Waals surface area contributed by atoms with E-state index in [1.807, 2.05) is 85.8 Å². The molecule has 0 radical (unpaired) electrons. The Kier molecular flexibility index (Phi) is 10.9. The Morgan fingerprint density at radius 2 is 1.69 bits per heavy atom. The van der Waals surface area contributed by atoms with E-state index in [1.165, 1.54) is 17.3 Å². The van der Waals surface area contributed by atoms with Gasteiger partial charge in [-0.15, -0.1) is 11.8 Å². The van der Waals surface area contributed by atoms with Gasteiger partial charge in [0.15, 0.2) is 0 Å². The smallest absolute Gasteiger partial charge is 0.243 e. The molecule has 0 aliphatic heterocycles. The van der Waals surface area contributed by atoms with Crippen molar-refractivity contribution in [1.29, 1.82) is 0 Å². The number of amides is 2. The SMILES string of the molecule is CCCCNC(=O)C(Cc1ccccc1)N(Cc1cccc(Br)c1)C(=O)CSc1ccc(C)cc1. The zero-order chi connectivity index (χ0) is 25.0. The first-order valence-corrected chi connectivity index (χ1v) is 13.8. The molecule has 3 aromatic rings. The summed E-state index contributed by atoms with van der Waals surface area (Å²) in [6, 6.07) is 25.4. The molecule has 1 N–H and O–H groups in total. The molecule has 3 aromatic carbocycles. The number of aryl methyl sites for hydroxylation is 1. The predicted molar refractivity (Wildman–Crippen MR) is 148 cm³/mol. The molecule has 0 spiro atoms. The monoisotopic (exact) mass is 552 g/mol. The van der Waals surface area contributed by atoms with Crippen molar-refractivity contribution in [3.8, 4) is 0 Å². The Labute approximate surface area is 221 Å². The lowest BCUT2D eigenvalue weighted by atomic mass is 10.0. The highest BCUT2D eigenvalue weighted by Gasteiger charge is 2.30. The normalized spacial score (nSPS) is 11.6. The average Bonchev–Trinajstić information content (AvgIpc) is 2.86. The van der Waals surface area contributed by atoms with Gasteiger partial charge in [-0.1, -0.05) is 89.4 Å². The van der Waals surface area contributed by atoms with Crippen LogP contribution < -0.4 is 5.32 Å². The summed E-state index contributed by atoms with van der Waals surface area (Å²) < 4.78 is 0.948. The lowest BCUT2D eigenvalue weighted by Crippen LogP contribution is -2.51. The molecular weight excluding hydrogens is 520 g/mol. The lowest BCUT2D eigenvalue weighted by Gasteiger charge is -2.31. The van der Waals surface area contributed by atoms with Crippen LogP contribution in [-0.2, 0) is 22.6 Å². The first-order chi connectivity index (χ1) is 17.0. The summed E-state index contributed by atoms with van der Waals surface area (Å²) in [6.45, 7) is 5.12. The van der Waals surface area contributed by atoms with Crippen molar-refractivity contribution >= 4 is 39.5 Å². The largest absolute Gasteiger partial charge is 0.354 e. The van der Waals surface area contributed by atoms with Crippen LogP contribution in [0.1, 0.15) is 36.5 Å². The van der Waals surface area contributed by atoms with Crippen LogP contribution in [0.15, 0.2) is 88.2 Å². The van der Waals surface area contributed by atoms with Crippen molar-refractivity contribution in [2.75, 3.05) is 12.3 Å². The third kappa shape index (κ3) is 8.86. The molecule has 184 valence electrons. The molecular formula is C29H33BrN2O2S. The summed E-state index contributed by atoms with van der Waals surface area (Å²) in [4.78, 5) is 29.9. The van der Waals surface area contributed by atoms with Gasteiger partial charge in [0, 0.05) is 28.9 Å². The number of rotatable bonds is 12. The minimum absolute atomic E-state index is 0.0536. The van der Waals surface area contributed by atoms with Gasteiger partial charge in [-0.25, -0.2) is 0 Å². The van der Waals surface area contributed by atoms with Crippen molar-refractivity contribution in [2.45, 2.75) is 50.6 Å². The molecule has 0 heterocycles. The highest BCUT2D eigenvalue weighted by molar-refractivity contribution is 9.10. The number of hydrogen-bond acceptors (Lipinski definition) is 3. The molecule has 3 rings (SSSR count). The van der Waals surface area contributed by atoms with Crippen molar-refractivity contribution < 1.29 is 9.59 Å². The van der Waals surface area contributed by atoms with E-state index in [1.54, 1.807) is 4.90 Å². The first kappa shape index (κ1) is 27.0. The number of nitrogens with one attached hydrogen (secondary N) is 1. The van der Waals surface area contributed by atoms with Crippen molar-refractivity contribution in [2.24, 2.45) is 0 Å². The molecule has 4 nitrogen and oxygen atoms in total. The quantitative estimate of drug-likeness (QED) is 0.209. The summed E-state index contributed by atoms with van der Waals surface area (Å²) in [5, 5.41) is 3.07. The zero-order valence-electron chi connectivity index (χ0n) is 20.4. The molecule has 0 bridgehead atoms. The molecule has 1 atom stereocenters. The fraction of sp³-hybridized carbons (Fsp3) is 0.310.